The summed E-state index contributed by atoms with van der Waals surface area (Å²) < 4.78 is 0.915. The van der Waals surface area contributed by atoms with Crippen molar-refractivity contribution in [3.63, 3.8) is 0 Å². The number of aromatic hydroxyl groups is 1. The summed E-state index contributed by atoms with van der Waals surface area (Å²) in [7, 11) is 0. The van der Waals surface area contributed by atoms with Gasteiger partial charge >= 0.3 is 5.97 Å². The lowest BCUT2D eigenvalue weighted by molar-refractivity contribution is -0.136. The predicted molar refractivity (Wildman–Crippen MR) is 151 cm³/mol. The highest BCUT2D eigenvalue weighted by Gasteiger charge is 2.19. The Balaban J connectivity index is 1.51. The molecule has 0 radical (unpaired) electrons. The normalized spacial score (nSPS) is 14.8. The second-order valence-corrected chi connectivity index (χ2v) is 10.5. The Morgan fingerprint density at radius 2 is 1.65 bits per heavy atom. The molecule has 0 saturated carbocycles. The number of aliphatic imine (C=N–C) groups is 1. The fourth-order valence-corrected chi connectivity index (χ4v) is 5.28. The standard InChI is InChI=1S/C30H30BrN3O3/c31-23-11-14-25-26(18-23)33-30(37)28(25)29(22-9-4-20(5-10-22)8-15-27(35)36)32-24-12-6-21(7-13-24)19-34-16-2-1-3-17-34/h4-7,9-14,18,33,37H,1-3,8,15-17,19H2,(H,35,36). The number of carboxylic acids is 1. The number of aliphatic carboxylic acids is 1. The van der Waals surface area contributed by atoms with Gasteiger partial charge in [0.1, 0.15) is 0 Å². The zero-order valence-corrected chi connectivity index (χ0v) is 22.2. The van der Waals surface area contributed by atoms with Crippen LogP contribution in [0.25, 0.3) is 10.9 Å². The van der Waals surface area contributed by atoms with Gasteiger partial charge in [-0.15, -0.1) is 0 Å². The molecule has 0 spiro atoms. The van der Waals surface area contributed by atoms with Crippen LogP contribution in [0.4, 0.5) is 5.69 Å². The molecule has 0 aliphatic carbocycles. The molecule has 3 aromatic carbocycles. The number of carbonyl (C=O) groups is 1. The Kier molecular flexibility index (Phi) is 7.72. The van der Waals surface area contributed by atoms with Crippen LogP contribution in [0.2, 0.25) is 0 Å². The van der Waals surface area contributed by atoms with Gasteiger partial charge in [0.15, 0.2) is 5.88 Å². The average molecular weight is 560 g/mol. The number of halogens is 1. The number of nitrogens with zero attached hydrogens (tertiary/aromatic N) is 2. The Morgan fingerprint density at radius 1 is 0.946 bits per heavy atom. The minimum atomic E-state index is -0.815. The number of likely N-dealkylation sites (tertiary alicyclic amines) is 1. The molecule has 190 valence electrons. The third kappa shape index (κ3) is 6.12. The zero-order valence-electron chi connectivity index (χ0n) is 20.6. The van der Waals surface area contributed by atoms with Crippen LogP contribution < -0.4 is 0 Å². The van der Waals surface area contributed by atoms with Crippen molar-refractivity contribution in [2.75, 3.05) is 13.1 Å². The molecule has 1 aliphatic heterocycles. The summed E-state index contributed by atoms with van der Waals surface area (Å²) in [5.41, 5.74) is 5.96. The molecule has 1 fully saturated rings. The highest BCUT2D eigenvalue weighted by Crippen LogP contribution is 2.33. The maximum atomic E-state index is 11.0. The first kappa shape index (κ1) is 25.2. The van der Waals surface area contributed by atoms with Gasteiger partial charge in [0.2, 0.25) is 0 Å². The van der Waals surface area contributed by atoms with E-state index in [1.165, 1.54) is 24.8 Å². The van der Waals surface area contributed by atoms with Crippen LogP contribution >= 0.6 is 15.9 Å². The maximum Gasteiger partial charge on any atom is 0.303 e. The quantitative estimate of drug-likeness (QED) is 0.207. The van der Waals surface area contributed by atoms with Gasteiger partial charge in [0.25, 0.3) is 0 Å². The molecule has 4 aromatic rings. The zero-order chi connectivity index (χ0) is 25.8. The predicted octanol–water partition coefficient (Wildman–Crippen LogP) is 6.81. The van der Waals surface area contributed by atoms with Crippen LogP contribution in [0, 0.1) is 0 Å². The molecule has 0 atom stereocenters. The van der Waals surface area contributed by atoms with E-state index in [1.54, 1.807) is 0 Å². The lowest BCUT2D eigenvalue weighted by atomic mass is 9.98. The maximum absolute atomic E-state index is 11.0. The summed E-state index contributed by atoms with van der Waals surface area (Å²) in [4.78, 5) is 21.6. The first-order valence-electron chi connectivity index (χ1n) is 12.7. The van der Waals surface area contributed by atoms with Crippen molar-refractivity contribution in [2.24, 2.45) is 4.99 Å². The first-order chi connectivity index (χ1) is 18.0. The number of piperidine rings is 1. The molecule has 6 nitrogen and oxygen atoms in total. The highest BCUT2D eigenvalue weighted by atomic mass is 79.9. The SMILES string of the molecule is O=C(O)CCc1ccc(C(=Nc2ccc(CN3CCCCC3)cc2)c2c(O)[nH]c3cc(Br)ccc23)cc1. The van der Waals surface area contributed by atoms with Gasteiger partial charge in [-0.1, -0.05) is 64.8 Å². The molecule has 1 saturated heterocycles. The number of rotatable bonds is 8. The van der Waals surface area contributed by atoms with Gasteiger partial charge in [0.05, 0.1) is 22.5 Å². The summed E-state index contributed by atoms with van der Waals surface area (Å²) in [6.07, 6.45) is 4.41. The summed E-state index contributed by atoms with van der Waals surface area (Å²) in [6, 6.07) is 21.9. The fourth-order valence-electron chi connectivity index (χ4n) is 4.92. The van der Waals surface area contributed by atoms with E-state index in [9.17, 15) is 9.90 Å². The lowest BCUT2D eigenvalue weighted by Gasteiger charge is -2.26. The van der Waals surface area contributed by atoms with Gasteiger partial charge in [0, 0.05) is 28.4 Å². The Bertz CT molecular complexity index is 1420. The Morgan fingerprint density at radius 3 is 2.35 bits per heavy atom. The third-order valence-corrected chi connectivity index (χ3v) is 7.36. The number of hydrogen-bond acceptors (Lipinski definition) is 4. The summed E-state index contributed by atoms with van der Waals surface area (Å²) in [6.45, 7) is 3.26. The van der Waals surface area contributed by atoms with E-state index in [4.69, 9.17) is 10.1 Å². The van der Waals surface area contributed by atoms with E-state index >= 15 is 0 Å². The van der Waals surface area contributed by atoms with E-state index in [0.717, 1.165) is 51.8 Å². The smallest absolute Gasteiger partial charge is 0.303 e. The van der Waals surface area contributed by atoms with Crippen LogP contribution in [0.3, 0.4) is 0 Å². The Labute approximate surface area is 224 Å². The van der Waals surface area contributed by atoms with Crippen molar-refractivity contribution in [2.45, 2.75) is 38.6 Å². The summed E-state index contributed by atoms with van der Waals surface area (Å²) in [5.74, 6) is -0.756. The van der Waals surface area contributed by atoms with E-state index in [-0.39, 0.29) is 12.3 Å². The molecular formula is C30H30BrN3O3. The number of fused-ring (bicyclic) bond motifs is 1. The molecular weight excluding hydrogens is 530 g/mol. The van der Waals surface area contributed by atoms with Gasteiger partial charge in [-0.05, 0) is 67.7 Å². The Hall–Kier alpha value is -3.42. The molecule has 1 aromatic heterocycles. The van der Waals surface area contributed by atoms with Crippen molar-refractivity contribution in [3.8, 4) is 5.88 Å². The van der Waals surface area contributed by atoms with E-state index in [0.29, 0.717) is 17.7 Å². The average Bonchev–Trinajstić information content (AvgIpc) is 3.22. The summed E-state index contributed by atoms with van der Waals surface area (Å²) >= 11 is 3.50. The molecule has 0 bridgehead atoms. The van der Waals surface area contributed by atoms with Gasteiger partial charge in [-0.2, -0.15) is 0 Å². The van der Waals surface area contributed by atoms with E-state index in [1.807, 2.05) is 54.6 Å². The number of hydrogen-bond donors (Lipinski definition) is 3. The monoisotopic (exact) mass is 559 g/mol. The van der Waals surface area contributed by atoms with Crippen molar-refractivity contribution in [3.05, 3.63) is 93.5 Å². The molecule has 1 aliphatic rings. The van der Waals surface area contributed by atoms with Gasteiger partial charge in [-0.25, -0.2) is 4.99 Å². The molecule has 3 N–H and O–H groups in total. The third-order valence-electron chi connectivity index (χ3n) is 6.86. The summed E-state index contributed by atoms with van der Waals surface area (Å²) in [5, 5.41) is 20.8. The van der Waals surface area contributed by atoms with Crippen LogP contribution in [-0.4, -0.2) is 44.9 Å². The number of nitrogens with one attached hydrogen (secondary N) is 1. The molecule has 7 heteroatoms. The number of carboxylic acid groups (broad SMARTS) is 1. The topological polar surface area (TPSA) is 88.9 Å². The molecule has 0 amide bonds. The number of aromatic amines is 1. The highest BCUT2D eigenvalue weighted by molar-refractivity contribution is 9.10. The molecule has 0 unspecified atom stereocenters. The molecule has 2 heterocycles. The van der Waals surface area contributed by atoms with Crippen LogP contribution in [0.1, 0.15) is 47.9 Å². The van der Waals surface area contributed by atoms with Gasteiger partial charge in [-0.3, -0.25) is 9.69 Å². The van der Waals surface area contributed by atoms with Crippen molar-refractivity contribution < 1.29 is 15.0 Å². The number of aromatic nitrogens is 1. The minimum Gasteiger partial charge on any atom is -0.494 e. The lowest BCUT2D eigenvalue weighted by Crippen LogP contribution is -2.28. The molecule has 37 heavy (non-hydrogen) atoms. The minimum absolute atomic E-state index is 0.0588. The van der Waals surface area contributed by atoms with Crippen LogP contribution in [0.5, 0.6) is 5.88 Å². The second kappa shape index (κ2) is 11.3. The van der Waals surface area contributed by atoms with E-state index in [2.05, 4.69) is 37.9 Å². The number of benzene rings is 3. The molecule has 5 rings (SSSR count). The first-order valence-corrected chi connectivity index (χ1v) is 13.5. The fraction of sp³-hybridized carbons (Fsp3) is 0.267. The number of H-pyrrole nitrogens is 1. The van der Waals surface area contributed by atoms with Crippen molar-refractivity contribution >= 4 is 44.2 Å². The van der Waals surface area contributed by atoms with Crippen LogP contribution in [0.15, 0.2) is 76.2 Å². The van der Waals surface area contributed by atoms with Gasteiger partial charge < -0.3 is 15.2 Å². The number of aryl methyl sites for hydroxylation is 1. The second-order valence-electron chi connectivity index (χ2n) is 9.59. The largest absolute Gasteiger partial charge is 0.494 e. The van der Waals surface area contributed by atoms with Crippen molar-refractivity contribution in [1.82, 2.24) is 9.88 Å². The van der Waals surface area contributed by atoms with Crippen LogP contribution in [-0.2, 0) is 17.8 Å². The van der Waals surface area contributed by atoms with Crippen molar-refractivity contribution in [1.29, 1.82) is 0 Å². The van der Waals surface area contributed by atoms with E-state index < -0.39 is 5.97 Å².